The van der Waals surface area contributed by atoms with Gasteiger partial charge in [0.2, 0.25) is 0 Å². The van der Waals surface area contributed by atoms with E-state index in [1.165, 1.54) is 0 Å². The van der Waals surface area contributed by atoms with Crippen molar-refractivity contribution < 1.29 is 68.9 Å². The van der Waals surface area contributed by atoms with Gasteiger partial charge in [0.1, 0.15) is 0 Å². The largest absolute Gasteiger partial charge is 1.00 e. The molecule has 0 bridgehead atoms. The Morgan fingerprint density at radius 1 is 1.17 bits per heavy atom. The van der Waals surface area contributed by atoms with Crippen molar-refractivity contribution in [2.24, 2.45) is 0 Å². The SMILES string of the molecule is N#P([O-])[O-].[Na+].[Na+]. The molecular formula is NNa2O2P. The van der Waals surface area contributed by atoms with Gasteiger partial charge >= 0.3 is 59.1 Å². The van der Waals surface area contributed by atoms with Gasteiger partial charge in [0.25, 0.3) is 0 Å². The van der Waals surface area contributed by atoms with Crippen molar-refractivity contribution in [1.29, 1.82) is 5.00 Å². The van der Waals surface area contributed by atoms with Crippen LogP contribution >= 0.6 is 8.01 Å². The molecule has 0 saturated heterocycles. The second-order valence-electron chi connectivity index (χ2n) is 0.238. The van der Waals surface area contributed by atoms with E-state index in [-0.39, 0.29) is 59.1 Å². The van der Waals surface area contributed by atoms with Crippen LogP contribution in [0.15, 0.2) is 0 Å². The number of hydrogen-bond acceptors (Lipinski definition) is 3. The summed E-state index contributed by atoms with van der Waals surface area (Å²) >= 11 is 0. The summed E-state index contributed by atoms with van der Waals surface area (Å²) in [6.45, 7) is 0. The van der Waals surface area contributed by atoms with Gasteiger partial charge < -0.3 is 9.79 Å². The molecule has 0 aromatic heterocycles. The molecule has 0 saturated carbocycles. The molecule has 0 aromatic carbocycles. The van der Waals surface area contributed by atoms with Gasteiger partial charge in [0, 0.05) is 0 Å². The third-order valence-corrected chi connectivity index (χ3v) is 0. The van der Waals surface area contributed by atoms with Crippen LogP contribution in [-0.2, 0) is 0 Å². The third kappa shape index (κ3) is 38.7. The third-order valence-electron chi connectivity index (χ3n) is 0. The van der Waals surface area contributed by atoms with Crippen molar-refractivity contribution in [2.45, 2.75) is 0 Å². The molecule has 0 aliphatic heterocycles. The molecule has 3 nitrogen and oxygen atoms in total. The zero-order valence-electron chi connectivity index (χ0n) is 3.71. The van der Waals surface area contributed by atoms with E-state index in [1.54, 1.807) is 0 Å². The Balaban J connectivity index is -0.0000000450. The van der Waals surface area contributed by atoms with Gasteiger partial charge in [0.05, 0.1) is 0 Å². The number of nitrogens with zero attached hydrogens (tertiary/aromatic N) is 1. The Morgan fingerprint density at radius 3 is 1.17 bits per heavy atom. The summed E-state index contributed by atoms with van der Waals surface area (Å²) in [6, 6.07) is 0. The van der Waals surface area contributed by atoms with Crippen LogP contribution in [0.1, 0.15) is 0 Å². The van der Waals surface area contributed by atoms with Gasteiger partial charge in [0.15, 0.2) is 0 Å². The molecule has 24 valence electrons. The van der Waals surface area contributed by atoms with Crippen LogP contribution in [0.25, 0.3) is 0 Å². The molecule has 0 unspecified atom stereocenters. The van der Waals surface area contributed by atoms with Crippen LogP contribution < -0.4 is 68.9 Å². The Labute approximate surface area is 80.8 Å². The Morgan fingerprint density at radius 2 is 1.17 bits per heavy atom. The van der Waals surface area contributed by atoms with Crippen molar-refractivity contribution in [1.82, 2.24) is 0 Å². The van der Waals surface area contributed by atoms with Crippen molar-refractivity contribution in [2.75, 3.05) is 0 Å². The fourth-order valence-corrected chi connectivity index (χ4v) is 0. The molecule has 0 aromatic rings. The maximum Gasteiger partial charge on any atom is 1.00 e. The molecule has 0 spiro atoms. The van der Waals surface area contributed by atoms with Gasteiger partial charge in [-0.2, -0.15) is 0 Å². The van der Waals surface area contributed by atoms with E-state index >= 15 is 0 Å². The summed E-state index contributed by atoms with van der Waals surface area (Å²) in [7, 11) is -3.12. The first-order valence-corrected chi connectivity index (χ1v) is 1.70. The molecule has 0 aliphatic rings. The van der Waals surface area contributed by atoms with Crippen molar-refractivity contribution in [3.05, 3.63) is 0 Å². The maximum absolute atomic E-state index is 8.59. The van der Waals surface area contributed by atoms with Gasteiger partial charge in [-0.1, -0.05) is 0 Å². The van der Waals surface area contributed by atoms with Crippen LogP contribution in [0.5, 0.6) is 0 Å². The number of hydrogen-bond donors (Lipinski definition) is 0. The van der Waals surface area contributed by atoms with Gasteiger partial charge in [-0.25, -0.2) is 0 Å². The summed E-state index contributed by atoms with van der Waals surface area (Å²) in [5.74, 6) is 0. The van der Waals surface area contributed by atoms with Crippen molar-refractivity contribution in [3.63, 3.8) is 0 Å². The van der Waals surface area contributed by atoms with Crippen LogP contribution in [0.3, 0.4) is 0 Å². The summed E-state index contributed by atoms with van der Waals surface area (Å²) in [5.41, 5.74) is 0. The maximum atomic E-state index is 8.59. The molecule has 0 atom stereocenters. The zero-order valence-corrected chi connectivity index (χ0v) is 8.61. The van der Waals surface area contributed by atoms with Gasteiger partial charge in [-0.05, 0) is 0 Å². The summed E-state index contributed by atoms with van der Waals surface area (Å²) in [5, 5.41) is 7.01. The average molecular weight is 123 g/mol. The first-order valence-electron chi connectivity index (χ1n) is 0.565. The molecular weight excluding hydrogens is 123 g/mol. The standard InChI is InChI=1S/NO2P.2Na/c1-4(2)3;;/q-2;2*+1. The van der Waals surface area contributed by atoms with E-state index in [4.69, 9.17) is 14.8 Å². The molecule has 0 radical (unpaired) electrons. The molecule has 0 N–H and O–H groups in total. The quantitative estimate of drug-likeness (QED) is 0.237. The van der Waals surface area contributed by atoms with E-state index in [2.05, 4.69) is 0 Å². The molecule has 6 heteroatoms. The molecule has 0 heterocycles. The molecule has 0 amide bonds. The Kier molecular flexibility index (Phi) is 26.2. The molecule has 0 fully saturated rings. The average Bonchev–Trinajstić information content (AvgIpc) is 0.811. The van der Waals surface area contributed by atoms with Crippen LogP contribution in [0, 0.1) is 5.00 Å². The van der Waals surface area contributed by atoms with E-state index in [9.17, 15) is 0 Å². The van der Waals surface area contributed by atoms with E-state index in [0.717, 1.165) is 0 Å². The zero-order chi connectivity index (χ0) is 3.58. The first kappa shape index (κ1) is 15.7. The Bertz CT molecular complexity index is 57.7. The molecule has 6 heavy (non-hydrogen) atoms. The number of rotatable bonds is 0. The summed E-state index contributed by atoms with van der Waals surface area (Å²) < 4.78 is 0. The fraction of sp³-hybridized carbons (Fsp3) is 0. The minimum atomic E-state index is -3.12. The Hall–Kier alpha value is 1.93. The normalized spacial score (nSPS) is 4.17. The van der Waals surface area contributed by atoms with Crippen molar-refractivity contribution in [3.8, 4) is 0 Å². The van der Waals surface area contributed by atoms with E-state index in [1.807, 2.05) is 0 Å². The van der Waals surface area contributed by atoms with Crippen LogP contribution in [-0.4, -0.2) is 0 Å². The minimum Gasteiger partial charge on any atom is -0.796 e. The van der Waals surface area contributed by atoms with E-state index < -0.39 is 8.01 Å². The summed E-state index contributed by atoms with van der Waals surface area (Å²) in [4.78, 5) is 17.2. The smallest absolute Gasteiger partial charge is 0.796 e. The monoisotopic (exact) mass is 123 g/mol. The fourth-order valence-electron chi connectivity index (χ4n) is 0. The predicted molar refractivity (Wildman–Crippen MR) is 8.64 cm³/mol. The van der Waals surface area contributed by atoms with Gasteiger partial charge in [-0.3, -0.25) is 5.00 Å². The minimum absolute atomic E-state index is 0. The topological polar surface area (TPSA) is 69.9 Å². The molecule has 0 rings (SSSR count). The summed E-state index contributed by atoms with van der Waals surface area (Å²) in [6.07, 6.45) is 0. The second-order valence-corrected chi connectivity index (χ2v) is 0.714. The van der Waals surface area contributed by atoms with Gasteiger partial charge in [-0.15, -0.1) is 8.01 Å². The predicted octanol–water partition coefficient (Wildman–Crippen LogP) is -7.49. The van der Waals surface area contributed by atoms with E-state index in [0.29, 0.717) is 0 Å². The van der Waals surface area contributed by atoms with Crippen LogP contribution in [0.4, 0.5) is 0 Å². The second kappa shape index (κ2) is 10.0. The molecule has 0 aliphatic carbocycles. The first-order chi connectivity index (χ1) is 1.73. The van der Waals surface area contributed by atoms with Crippen molar-refractivity contribution >= 4 is 8.01 Å². The van der Waals surface area contributed by atoms with Crippen LogP contribution in [0.2, 0.25) is 0 Å².